The Kier molecular flexibility index (Phi) is 3.57. The Labute approximate surface area is 103 Å². The first-order valence-electron chi connectivity index (χ1n) is 5.46. The first-order valence-corrected chi connectivity index (χ1v) is 5.46. The van der Waals surface area contributed by atoms with Gasteiger partial charge in [0.25, 0.3) is 0 Å². The Morgan fingerprint density at radius 3 is 3.06 bits per heavy atom. The van der Waals surface area contributed by atoms with Gasteiger partial charge in [-0.15, -0.1) is 0 Å². The molecule has 1 aromatic carbocycles. The molecule has 0 fully saturated rings. The highest BCUT2D eigenvalue weighted by molar-refractivity contribution is 5.93. The predicted molar refractivity (Wildman–Crippen MR) is 66.3 cm³/mol. The molecule has 0 aliphatic carbocycles. The highest BCUT2D eigenvalue weighted by Gasteiger charge is 2.06. The van der Waals surface area contributed by atoms with Crippen LogP contribution in [0.5, 0.6) is 0 Å². The molecule has 3 N–H and O–H groups in total. The number of anilines is 2. The quantitative estimate of drug-likeness (QED) is 0.808. The molecule has 0 aliphatic rings. The first kappa shape index (κ1) is 12.1. The molecule has 1 amide bonds. The van der Waals surface area contributed by atoms with Crippen molar-refractivity contribution in [3.05, 3.63) is 42.7 Å². The van der Waals surface area contributed by atoms with Crippen LogP contribution in [0.15, 0.2) is 36.9 Å². The molecule has 0 bridgehead atoms. The van der Waals surface area contributed by atoms with Crippen molar-refractivity contribution < 1.29 is 9.18 Å². The van der Waals surface area contributed by atoms with Crippen LogP contribution >= 0.6 is 0 Å². The van der Waals surface area contributed by atoms with E-state index in [-0.39, 0.29) is 12.3 Å². The summed E-state index contributed by atoms with van der Waals surface area (Å²) in [7, 11) is 0. The van der Waals surface area contributed by atoms with Gasteiger partial charge >= 0.3 is 0 Å². The zero-order chi connectivity index (χ0) is 13.0. The highest BCUT2D eigenvalue weighted by atomic mass is 19.1. The fourth-order valence-electron chi connectivity index (χ4n) is 1.50. The molecule has 0 atom stereocenters. The topological polar surface area (TPSA) is 72.9 Å². The Morgan fingerprint density at radius 2 is 2.33 bits per heavy atom. The summed E-state index contributed by atoms with van der Waals surface area (Å²) in [4.78, 5) is 15.5. The molecule has 18 heavy (non-hydrogen) atoms. The molecular weight excluding hydrogens is 235 g/mol. The lowest BCUT2D eigenvalue weighted by Crippen LogP contribution is -2.15. The van der Waals surface area contributed by atoms with Crippen molar-refractivity contribution in [3.63, 3.8) is 0 Å². The van der Waals surface area contributed by atoms with Gasteiger partial charge in [0.05, 0.1) is 17.7 Å². The minimum Gasteiger partial charge on any atom is -0.397 e. The lowest BCUT2D eigenvalue weighted by molar-refractivity contribution is -0.116. The molecule has 1 aromatic heterocycles. The molecule has 6 heteroatoms. The third-order valence-electron chi connectivity index (χ3n) is 2.45. The molecule has 0 unspecified atom stereocenters. The lowest BCUT2D eigenvalue weighted by Gasteiger charge is -2.08. The summed E-state index contributed by atoms with van der Waals surface area (Å²) in [6.45, 7) is 0.515. The van der Waals surface area contributed by atoms with Crippen molar-refractivity contribution in [2.75, 3.05) is 11.1 Å². The molecule has 0 radical (unpaired) electrons. The van der Waals surface area contributed by atoms with E-state index >= 15 is 0 Å². The number of nitrogens with one attached hydrogen (secondary N) is 1. The maximum absolute atomic E-state index is 13.0. The summed E-state index contributed by atoms with van der Waals surface area (Å²) in [5.41, 5.74) is 6.27. The van der Waals surface area contributed by atoms with Crippen molar-refractivity contribution in [1.29, 1.82) is 0 Å². The highest BCUT2D eigenvalue weighted by Crippen LogP contribution is 2.19. The van der Waals surface area contributed by atoms with Crippen molar-refractivity contribution in [2.45, 2.75) is 13.0 Å². The number of carbonyl (C=O) groups is 1. The lowest BCUT2D eigenvalue weighted by atomic mass is 10.2. The average molecular weight is 248 g/mol. The molecule has 0 saturated heterocycles. The van der Waals surface area contributed by atoms with Crippen LogP contribution in [0.25, 0.3) is 0 Å². The monoisotopic (exact) mass is 248 g/mol. The summed E-state index contributed by atoms with van der Waals surface area (Å²) in [6, 6.07) is 3.86. The second-order valence-corrected chi connectivity index (χ2v) is 3.83. The van der Waals surface area contributed by atoms with Gasteiger partial charge in [0.15, 0.2) is 0 Å². The Balaban J connectivity index is 1.92. The van der Waals surface area contributed by atoms with Gasteiger partial charge in [-0.2, -0.15) is 0 Å². The van der Waals surface area contributed by atoms with Gasteiger partial charge in [-0.25, -0.2) is 9.37 Å². The van der Waals surface area contributed by atoms with Crippen molar-refractivity contribution in [1.82, 2.24) is 9.55 Å². The van der Waals surface area contributed by atoms with E-state index in [0.717, 1.165) is 0 Å². The zero-order valence-corrected chi connectivity index (χ0v) is 9.64. The maximum atomic E-state index is 13.0. The van der Waals surface area contributed by atoms with Crippen LogP contribution in [0.1, 0.15) is 6.42 Å². The molecule has 2 aromatic rings. The number of benzene rings is 1. The summed E-state index contributed by atoms with van der Waals surface area (Å²) in [5.74, 6) is -0.657. The number of nitrogens with zero attached hydrogens (tertiary/aromatic N) is 2. The molecule has 0 aliphatic heterocycles. The van der Waals surface area contributed by atoms with Gasteiger partial charge < -0.3 is 15.6 Å². The molecule has 94 valence electrons. The Hall–Kier alpha value is -2.37. The van der Waals surface area contributed by atoms with Gasteiger partial charge in [0.2, 0.25) is 5.91 Å². The zero-order valence-electron chi connectivity index (χ0n) is 9.64. The minimum absolute atomic E-state index is 0.221. The van der Waals surface area contributed by atoms with Gasteiger partial charge in [-0.05, 0) is 18.2 Å². The summed E-state index contributed by atoms with van der Waals surface area (Å²) < 4.78 is 14.8. The molecular formula is C12H13FN4O. The van der Waals surface area contributed by atoms with Crippen LogP contribution in [0.4, 0.5) is 15.8 Å². The van der Waals surface area contributed by atoms with E-state index < -0.39 is 5.82 Å². The van der Waals surface area contributed by atoms with Gasteiger partial charge in [0, 0.05) is 25.4 Å². The number of amides is 1. The van der Waals surface area contributed by atoms with E-state index in [1.54, 1.807) is 23.3 Å². The number of imidazole rings is 1. The van der Waals surface area contributed by atoms with Crippen LogP contribution in [0, 0.1) is 5.82 Å². The molecule has 2 rings (SSSR count). The number of halogens is 1. The first-order chi connectivity index (χ1) is 8.65. The fraction of sp³-hybridized carbons (Fsp3) is 0.167. The smallest absolute Gasteiger partial charge is 0.226 e. The average Bonchev–Trinajstić information content (AvgIpc) is 2.84. The number of rotatable bonds is 4. The molecule has 0 saturated carbocycles. The number of hydrogen-bond donors (Lipinski definition) is 2. The SMILES string of the molecule is Nc1ccc(F)cc1NC(=O)CCn1ccnc1. The van der Waals surface area contributed by atoms with E-state index in [2.05, 4.69) is 10.3 Å². The Morgan fingerprint density at radius 1 is 1.50 bits per heavy atom. The van der Waals surface area contributed by atoms with Crippen LogP contribution in [0.3, 0.4) is 0 Å². The standard InChI is InChI=1S/C12H13FN4O/c13-9-1-2-10(14)11(7-9)16-12(18)3-5-17-6-4-15-8-17/h1-2,4,6-8H,3,5,14H2,(H,16,18). The molecule has 1 heterocycles. The van der Waals surface area contributed by atoms with Crippen LogP contribution in [-0.4, -0.2) is 15.5 Å². The summed E-state index contributed by atoms with van der Waals surface area (Å²) >= 11 is 0. The van der Waals surface area contributed by atoms with Gasteiger partial charge in [-0.3, -0.25) is 4.79 Å². The molecule has 5 nitrogen and oxygen atoms in total. The van der Waals surface area contributed by atoms with E-state index in [0.29, 0.717) is 17.9 Å². The van der Waals surface area contributed by atoms with Crippen LogP contribution < -0.4 is 11.1 Å². The number of carbonyl (C=O) groups excluding carboxylic acids is 1. The fourth-order valence-corrected chi connectivity index (χ4v) is 1.50. The van der Waals surface area contributed by atoms with Crippen molar-refractivity contribution in [3.8, 4) is 0 Å². The second kappa shape index (κ2) is 5.31. The largest absolute Gasteiger partial charge is 0.397 e. The maximum Gasteiger partial charge on any atom is 0.226 e. The van der Waals surface area contributed by atoms with E-state index in [1.165, 1.54) is 18.2 Å². The van der Waals surface area contributed by atoms with E-state index in [4.69, 9.17) is 5.73 Å². The normalized spacial score (nSPS) is 10.3. The third kappa shape index (κ3) is 3.07. The number of nitrogen functional groups attached to an aromatic ring is 1. The number of hydrogen-bond acceptors (Lipinski definition) is 3. The predicted octanol–water partition coefficient (Wildman–Crippen LogP) is 1.63. The Bertz CT molecular complexity index is 539. The summed E-state index contributed by atoms with van der Waals surface area (Å²) in [5, 5.41) is 2.58. The van der Waals surface area contributed by atoms with Gasteiger partial charge in [0.1, 0.15) is 5.82 Å². The van der Waals surface area contributed by atoms with E-state index in [1.807, 2.05) is 0 Å². The minimum atomic E-state index is -0.436. The van der Waals surface area contributed by atoms with Gasteiger partial charge in [-0.1, -0.05) is 0 Å². The van der Waals surface area contributed by atoms with Crippen LogP contribution in [-0.2, 0) is 11.3 Å². The van der Waals surface area contributed by atoms with Crippen molar-refractivity contribution in [2.24, 2.45) is 0 Å². The summed E-state index contributed by atoms with van der Waals surface area (Å²) in [6.07, 6.45) is 5.31. The van der Waals surface area contributed by atoms with Crippen molar-refractivity contribution >= 4 is 17.3 Å². The second-order valence-electron chi connectivity index (χ2n) is 3.83. The molecule has 0 spiro atoms. The number of aromatic nitrogens is 2. The number of aryl methyl sites for hydroxylation is 1. The third-order valence-corrected chi connectivity index (χ3v) is 2.45. The van der Waals surface area contributed by atoms with E-state index in [9.17, 15) is 9.18 Å². The number of nitrogens with two attached hydrogens (primary N) is 1. The van der Waals surface area contributed by atoms with Crippen LogP contribution in [0.2, 0.25) is 0 Å².